The molecular formula is C26H31BrN4O3. The molecule has 1 aromatic heterocycles. The van der Waals surface area contributed by atoms with Gasteiger partial charge in [-0.2, -0.15) is 0 Å². The Morgan fingerprint density at radius 2 is 1.94 bits per heavy atom. The summed E-state index contributed by atoms with van der Waals surface area (Å²) in [6.45, 7) is 8.98. The highest BCUT2D eigenvalue weighted by molar-refractivity contribution is 9.10. The number of halogens is 1. The minimum absolute atomic E-state index is 0.0624. The van der Waals surface area contributed by atoms with Crippen LogP contribution in [0.5, 0.6) is 5.75 Å². The molecule has 34 heavy (non-hydrogen) atoms. The van der Waals surface area contributed by atoms with Gasteiger partial charge in [0, 0.05) is 39.9 Å². The Kier molecular flexibility index (Phi) is 6.98. The normalized spacial score (nSPS) is 16.4. The van der Waals surface area contributed by atoms with Gasteiger partial charge in [-0.05, 0) is 64.8 Å². The molecule has 1 aliphatic heterocycles. The summed E-state index contributed by atoms with van der Waals surface area (Å²) >= 11 is 3.50. The summed E-state index contributed by atoms with van der Waals surface area (Å²) in [4.78, 5) is 14.4. The third kappa shape index (κ3) is 5.43. The molecule has 1 amide bonds. The Morgan fingerprint density at radius 3 is 2.68 bits per heavy atom. The van der Waals surface area contributed by atoms with Crippen LogP contribution in [-0.4, -0.2) is 53.0 Å². The molecular weight excluding hydrogens is 496 g/mol. The third-order valence-electron chi connectivity index (χ3n) is 5.77. The maximum Gasteiger partial charge on any atom is 0.410 e. The van der Waals surface area contributed by atoms with E-state index >= 15 is 0 Å². The molecule has 0 radical (unpaired) electrons. The van der Waals surface area contributed by atoms with Crippen LogP contribution in [0.1, 0.15) is 39.2 Å². The zero-order valence-corrected chi connectivity index (χ0v) is 21.9. The standard InChI is InChI=1S/C26H31BrN4O3/c1-16-8-10-19-21(13-16)24(30-29-23(19)20-11-9-17(27)14-22(20)33-5)28-18-7-6-12-31(15-18)25(32)34-26(2,3)4/h8-11,13-14,18H,6-7,12,15H2,1-5H3,(H,28,30). The van der Waals surface area contributed by atoms with Crippen molar-refractivity contribution in [2.45, 2.75) is 52.2 Å². The van der Waals surface area contributed by atoms with Gasteiger partial charge in [-0.25, -0.2) is 4.79 Å². The molecule has 3 aromatic rings. The number of aromatic nitrogens is 2. The van der Waals surface area contributed by atoms with Gasteiger partial charge in [-0.15, -0.1) is 10.2 Å². The second-order valence-electron chi connectivity index (χ2n) is 9.70. The first kappa shape index (κ1) is 24.3. The summed E-state index contributed by atoms with van der Waals surface area (Å²) in [6.07, 6.45) is 1.56. The second kappa shape index (κ2) is 9.78. The Morgan fingerprint density at radius 1 is 1.15 bits per heavy atom. The lowest BCUT2D eigenvalue weighted by Gasteiger charge is -2.34. The molecule has 0 bridgehead atoms. The molecule has 7 nitrogen and oxygen atoms in total. The van der Waals surface area contributed by atoms with E-state index in [1.165, 1.54) is 0 Å². The second-order valence-corrected chi connectivity index (χ2v) is 10.6. The maximum absolute atomic E-state index is 12.6. The third-order valence-corrected chi connectivity index (χ3v) is 6.26. The molecule has 2 aromatic carbocycles. The van der Waals surface area contributed by atoms with Crippen molar-refractivity contribution in [3.8, 4) is 17.0 Å². The zero-order valence-electron chi connectivity index (χ0n) is 20.3. The number of hydrogen-bond acceptors (Lipinski definition) is 6. The molecule has 8 heteroatoms. The largest absolute Gasteiger partial charge is 0.496 e. The average Bonchev–Trinajstić information content (AvgIpc) is 2.78. The SMILES string of the molecule is COc1cc(Br)ccc1-c1nnc(NC2CCCN(C(=O)OC(C)(C)C)C2)c2cc(C)ccc12. The quantitative estimate of drug-likeness (QED) is 0.436. The smallest absolute Gasteiger partial charge is 0.410 e. The van der Waals surface area contributed by atoms with Crippen LogP contribution in [0.3, 0.4) is 0 Å². The van der Waals surface area contributed by atoms with Crippen LogP contribution in [0.2, 0.25) is 0 Å². The zero-order chi connectivity index (χ0) is 24.5. The van der Waals surface area contributed by atoms with Gasteiger partial charge in [0.25, 0.3) is 0 Å². The monoisotopic (exact) mass is 526 g/mol. The molecule has 0 spiro atoms. The molecule has 1 atom stereocenters. The number of aryl methyl sites for hydroxylation is 1. The average molecular weight is 527 g/mol. The fourth-order valence-corrected chi connectivity index (χ4v) is 4.56. The highest BCUT2D eigenvalue weighted by Gasteiger charge is 2.28. The van der Waals surface area contributed by atoms with Crippen LogP contribution >= 0.6 is 15.9 Å². The first-order valence-electron chi connectivity index (χ1n) is 11.5. The van der Waals surface area contributed by atoms with Crippen molar-refractivity contribution in [3.05, 3.63) is 46.4 Å². The van der Waals surface area contributed by atoms with Crippen LogP contribution in [0.25, 0.3) is 22.0 Å². The number of anilines is 1. The van der Waals surface area contributed by atoms with Crippen molar-refractivity contribution >= 4 is 38.6 Å². The first-order chi connectivity index (χ1) is 16.1. The number of ether oxygens (including phenoxy) is 2. The summed E-state index contributed by atoms with van der Waals surface area (Å²) in [5.41, 5.74) is 2.27. The number of carbonyl (C=O) groups is 1. The molecule has 1 unspecified atom stereocenters. The predicted octanol–water partition coefficient (Wildman–Crippen LogP) is 6.19. The van der Waals surface area contributed by atoms with E-state index in [0.717, 1.165) is 56.5 Å². The van der Waals surface area contributed by atoms with E-state index in [1.807, 2.05) is 39.0 Å². The van der Waals surface area contributed by atoms with Crippen molar-refractivity contribution in [3.63, 3.8) is 0 Å². The van der Waals surface area contributed by atoms with E-state index in [0.29, 0.717) is 13.1 Å². The number of nitrogens with zero attached hydrogens (tertiary/aromatic N) is 3. The molecule has 1 aliphatic rings. The minimum atomic E-state index is -0.513. The predicted molar refractivity (Wildman–Crippen MR) is 138 cm³/mol. The number of nitrogens with one attached hydrogen (secondary N) is 1. The van der Waals surface area contributed by atoms with Crippen LogP contribution < -0.4 is 10.1 Å². The van der Waals surface area contributed by atoms with E-state index in [9.17, 15) is 4.79 Å². The van der Waals surface area contributed by atoms with Gasteiger partial charge in [0.2, 0.25) is 0 Å². The summed E-state index contributed by atoms with van der Waals surface area (Å²) < 4.78 is 12.1. The fraction of sp³-hybridized carbons (Fsp3) is 0.423. The highest BCUT2D eigenvalue weighted by Crippen LogP contribution is 2.37. The number of methoxy groups -OCH3 is 1. The first-order valence-corrected chi connectivity index (χ1v) is 12.3. The topological polar surface area (TPSA) is 76.6 Å². The molecule has 180 valence electrons. The number of carbonyl (C=O) groups excluding carboxylic acids is 1. The highest BCUT2D eigenvalue weighted by atomic mass is 79.9. The number of likely N-dealkylation sites (tertiary alicyclic amines) is 1. The Labute approximate surface area is 209 Å². The van der Waals surface area contributed by atoms with Crippen molar-refractivity contribution < 1.29 is 14.3 Å². The number of rotatable bonds is 4. The van der Waals surface area contributed by atoms with Gasteiger partial charge in [0.1, 0.15) is 17.0 Å². The lowest BCUT2D eigenvalue weighted by atomic mass is 10.0. The van der Waals surface area contributed by atoms with E-state index in [2.05, 4.69) is 56.6 Å². The summed E-state index contributed by atoms with van der Waals surface area (Å²) in [5, 5.41) is 14.7. The van der Waals surface area contributed by atoms with Crippen molar-refractivity contribution in [2.75, 3.05) is 25.5 Å². The van der Waals surface area contributed by atoms with Gasteiger partial charge in [0.05, 0.1) is 7.11 Å². The molecule has 1 N–H and O–H groups in total. The number of hydrogen-bond donors (Lipinski definition) is 1. The molecule has 1 saturated heterocycles. The van der Waals surface area contributed by atoms with Gasteiger partial charge < -0.3 is 19.7 Å². The number of benzene rings is 2. The van der Waals surface area contributed by atoms with Crippen LogP contribution in [0.4, 0.5) is 10.6 Å². The molecule has 0 saturated carbocycles. The maximum atomic E-state index is 12.6. The number of amides is 1. The van der Waals surface area contributed by atoms with Crippen molar-refractivity contribution in [1.29, 1.82) is 0 Å². The van der Waals surface area contributed by atoms with Crippen LogP contribution in [0.15, 0.2) is 40.9 Å². The number of piperidine rings is 1. The van der Waals surface area contributed by atoms with Crippen molar-refractivity contribution in [1.82, 2.24) is 15.1 Å². The molecule has 2 heterocycles. The Balaban J connectivity index is 1.65. The molecule has 4 rings (SSSR count). The molecule has 0 aliphatic carbocycles. The van der Waals surface area contributed by atoms with E-state index in [4.69, 9.17) is 9.47 Å². The van der Waals surface area contributed by atoms with E-state index in [-0.39, 0.29) is 12.1 Å². The van der Waals surface area contributed by atoms with Crippen LogP contribution in [0, 0.1) is 6.92 Å². The molecule has 1 fully saturated rings. The lowest BCUT2D eigenvalue weighted by molar-refractivity contribution is 0.0206. The van der Waals surface area contributed by atoms with Crippen LogP contribution in [-0.2, 0) is 4.74 Å². The van der Waals surface area contributed by atoms with Crippen molar-refractivity contribution in [2.24, 2.45) is 0 Å². The summed E-state index contributed by atoms with van der Waals surface area (Å²) in [5.74, 6) is 1.45. The Hall–Kier alpha value is -2.87. The fourth-order valence-electron chi connectivity index (χ4n) is 4.22. The number of fused-ring (bicyclic) bond motifs is 1. The minimum Gasteiger partial charge on any atom is -0.496 e. The van der Waals surface area contributed by atoms with Gasteiger partial charge in [-0.1, -0.05) is 33.6 Å². The lowest BCUT2D eigenvalue weighted by Crippen LogP contribution is -2.47. The Bertz CT molecular complexity index is 1210. The van der Waals surface area contributed by atoms with Gasteiger partial charge in [-0.3, -0.25) is 0 Å². The van der Waals surface area contributed by atoms with E-state index < -0.39 is 5.60 Å². The van der Waals surface area contributed by atoms with Gasteiger partial charge >= 0.3 is 6.09 Å². The summed E-state index contributed by atoms with van der Waals surface area (Å²) in [6, 6.07) is 12.2. The van der Waals surface area contributed by atoms with Gasteiger partial charge in [0.15, 0.2) is 5.82 Å². The van der Waals surface area contributed by atoms with E-state index in [1.54, 1.807) is 12.0 Å². The summed E-state index contributed by atoms with van der Waals surface area (Å²) in [7, 11) is 1.65.